The summed E-state index contributed by atoms with van der Waals surface area (Å²) in [7, 11) is 1.45. The Labute approximate surface area is 95.5 Å². The van der Waals surface area contributed by atoms with Crippen molar-refractivity contribution in [2.24, 2.45) is 7.05 Å². The largest absolute Gasteiger partial charge is 0.478 e. The van der Waals surface area contributed by atoms with E-state index in [-0.39, 0.29) is 16.5 Å². The Bertz CT molecular complexity index is 599. The standard InChI is InChI=1S/C11H10F2N2O2/c1-11(12,13)9-6-4-3-5-7(10(16)17)8(6)15(2)14-9/h3-5H,1-2H3,(H,16,17). The Kier molecular flexibility index (Phi) is 2.38. The molecule has 0 aliphatic carbocycles. The van der Waals surface area contributed by atoms with Crippen molar-refractivity contribution in [1.82, 2.24) is 9.78 Å². The van der Waals surface area contributed by atoms with Crippen molar-refractivity contribution in [3.05, 3.63) is 29.5 Å². The quantitative estimate of drug-likeness (QED) is 0.876. The van der Waals surface area contributed by atoms with Gasteiger partial charge in [0.05, 0.1) is 11.1 Å². The number of alkyl halides is 2. The number of nitrogens with zero attached hydrogens (tertiary/aromatic N) is 2. The van der Waals surface area contributed by atoms with Gasteiger partial charge in [0, 0.05) is 19.4 Å². The predicted molar refractivity (Wildman–Crippen MR) is 57.2 cm³/mol. The molecule has 2 rings (SSSR count). The van der Waals surface area contributed by atoms with Crippen molar-refractivity contribution >= 4 is 16.9 Å². The van der Waals surface area contributed by atoms with Crippen LogP contribution in [0.3, 0.4) is 0 Å². The fourth-order valence-corrected chi connectivity index (χ4v) is 1.83. The third kappa shape index (κ3) is 1.75. The lowest BCUT2D eigenvalue weighted by molar-refractivity contribution is 0.0137. The van der Waals surface area contributed by atoms with Crippen LogP contribution in [-0.4, -0.2) is 20.9 Å². The third-order valence-corrected chi connectivity index (χ3v) is 2.51. The molecule has 0 atom stereocenters. The van der Waals surface area contributed by atoms with E-state index in [1.165, 1.54) is 29.9 Å². The highest BCUT2D eigenvalue weighted by molar-refractivity contribution is 6.02. The van der Waals surface area contributed by atoms with Gasteiger partial charge in [-0.05, 0) is 6.07 Å². The average Bonchev–Trinajstić information content (AvgIpc) is 2.56. The molecule has 1 aromatic carbocycles. The number of carbonyl (C=O) groups is 1. The Morgan fingerprint density at radius 2 is 2.12 bits per heavy atom. The van der Waals surface area contributed by atoms with E-state index in [0.29, 0.717) is 0 Å². The zero-order chi connectivity index (χ0) is 12.8. The Hall–Kier alpha value is -1.98. The van der Waals surface area contributed by atoms with Gasteiger partial charge in [0.2, 0.25) is 0 Å². The summed E-state index contributed by atoms with van der Waals surface area (Å²) >= 11 is 0. The van der Waals surface area contributed by atoms with Crippen LogP contribution in [0.2, 0.25) is 0 Å². The van der Waals surface area contributed by atoms with Crippen molar-refractivity contribution in [2.45, 2.75) is 12.8 Å². The molecule has 1 aromatic heterocycles. The second kappa shape index (κ2) is 3.51. The fourth-order valence-electron chi connectivity index (χ4n) is 1.83. The van der Waals surface area contributed by atoms with Crippen LogP contribution in [0.4, 0.5) is 8.78 Å². The van der Waals surface area contributed by atoms with Gasteiger partial charge in [-0.15, -0.1) is 0 Å². The molecule has 17 heavy (non-hydrogen) atoms. The smallest absolute Gasteiger partial charge is 0.337 e. The maximum atomic E-state index is 13.3. The molecule has 1 N–H and O–H groups in total. The maximum absolute atomic E-state index is 13.3. The number of hydrogen-bond donors (Lipinski definition) is 1. The minimum absolute atomic E-state index is 0.0343. The van der Waals surface area contributed by atoms with Crippen molar-refractivity contribution in [3.8, 4) is 0 Å². The Morgan fingerprint density at radius 1 is 1.47 bits per heavy atom. The highest BCUT2D eigenvalue weighted by atomic mass is 19.3. The van der Waals surface area contributed by atoms with Gasteiger partial charge in [0.15, 0.2) is 0 Å². The Balaban J connectivity index is 2.87. The van der Waals surface area contributed by atoms with Crippen LogP contribution in [0.15, 0.2) is 18.2 Å². The lowest BCUT2D eigenvalue weighted by Crippen LogP contribution is -2.08. The molecule has 4 nitrogen and oxygen atoms in total. The number of aromatic carboxylic acids is 1. The van der Waals surface area contributed by atoms with Crippen molar-refractivity contribution in [2.75, 3.05) is 0 Å². The molecule has 0 amide bonds. The summed E-state index contributed by atoms with van der Waals surface area (Å²) in [6.45, 7) is 0.738. The lowest BCUT2D eigenvalue weighted by atomic mass is 10.1. The van der Waals surface area contributed by atoms with Crippen molar-refractivity contribution < 1.29 is 18.7 Å². The first-order valence-corrected chi connectivity index (χ1v) is 4.89. The van der Waals surface area contributed by atoms with Gasteiger partial charge in [0.25, 0.3) is 5.92 Å². The molecule has 6 heteroatoms. The van der Waals surface area contributed by atoms with Crippen LogP contribution in [0.25, 0.3) is 10.9 Å². The second-order valence-electron chi connectivity index (χ2n) is 3.87. The SMILES string of the molecule is Cn1nc(C(C)(F)F)c2cccc(C(=O)O)c21. The Morgan fingerprint density at radius 3 is 2.65 bits per heavy atom. The number of carboxylic acid groups (broad SMARTS) is 1. The van der Waals surface area contributed by atoms with Gasteiger partial charge in [-0.3, -0.25) is 4.68 Å². The van der Waals surface area contributed by atoms with Crippen molar-refractivity contribution in [1.29, 1.82) is 0 Å². The number of para-hydroxylation sites is 1. The van der Waals surface area contributed by atoms with E-state index in [0.717, 1.165) is 6.92 Å². The maximum Gasteiger partial charge on any atom is 0.337 e. The van der Waals surface area contributed by atoms with E-state index >= 15 is 0 Å². The van der Waals surface area contributed by atoms with E-state index in [4.69, 9.17) is 5.11 Å². The molecule has 0 radical (unpaired) electrons. The van der Waals surface area contributed by atoms with Crippen LogP contribution >= 0.6 is 0 Å². The predicted octanol–water partition coefficient (Wildman–Crippen LogP) is 2.38. The van der Waals surface area contributed by atoms with Crippen LogP contribution in [0.5, 0.6) is 0 Å². The second-order valence-corrected chi connectivity index (χ2v) is 3.87. The number of carboxylic acids is 1. The van der Waals surface area contributed by atoms with E-state index in [2.05, 4.69) is 5.10 Å². The molecule has 0 aliphatic rings. The molecule has 0 aliphatic heterocycles. The first-order chi connectivity index (χ1) is 7.82. The molecule has 0 bridgehead atoms. The summed E-state index contributed by atoms with van der Waals surface area (Å²) in [5.41, 5.74) is -0.234. The molecule has 0 spiro atoms. The molecule has 0 saturated carbocycles. The minimum Gasteiger partial charge on any atom is -0.478 e. The van der Waals surface area contributed by atoms with Crippen molar-refractivity contribution in [3.63, 3.8) is 0 Å². The number of rotatable bonds is 2. The van der Waals surface area contributed by atoms with E-state index in [1.54, 1.807) is 0 Å². The van der Waals surface area contributed by atoms with Gasteiger partial charge >= 0.3 is 5.97 Å². The summed E-state index contributed by atoms with van der Waals surface area (Å²) in [5.74, 6) is -4.26. The van der Waals surface area contributed by atoms with Crippen LogP contribution in [0.1, 0.15) is 23.0 Å². The average molecular weight is 240 g/mol. The van der Waals surface area contributed by atoms with E-state index < -0.39 is 17.6 Å². The topological polar surface area (TPSA) is 55.1 Å². The van der Waals surface area contributed by atoms with Gasteiger partial charge in [-0.1, -0.05) is 12.1 Å². The monoisotopic (exact) mass is 240 g/mol. The fraction of sp³-hybridized carbons (Fsp3) is 0.273. The number of hydrogen-bond acceptors (Lipinski definition) is 2. The first-order valence-electron chi connectivity index (χ1n) is 4.89. The molecular formula is C11H10F2N2O2. The van der Waals surface area contributed by atoms with Gasteiger partial charge < -0.3 is 5.11 Å². The molecule has 0 fully saturated rings. The molecule has 1 heterocycles. The van der Waals surface area contributed by atoms with Crippen LogP contribution < -0.4 is 0 Å². The number of halogens is 2. The van der Waals surface area contributed by atoms with E-state index in [9.17, 15) is 13.6 Å². The minimum atomic E-state index is -3.10. The number of aryl methyl sites for hydroxylation is 1. The summed E-state index contributed by atoms with van der Waals surface area (Å²) in [5, 5.41) is 12.9. The van der Waals surface area contributed by atoms with Gasteiger partial charge in [-0.25, -0.2) is 4.79 Å². The van der Waals surface area contributed by atoms with Crippen LogP contribution in [-0.2, 0) is 13.0 Å². The third-order valence-electron chi connectivity index (χ3n) is 2.51. The molecule has 2 aromatic rings. The zero-order valence-corrected chi connectivity index (χ0v) is 9.24. The molecule has 0 unspecified atom stereocenters. The van der Waals surface area contributed by atoms with Gasteiger partial charge in [0.1, 0.15) is 5.69 Å². The lowest BCUT2D eigenvalue weighted by Gasteiger charge is -2.06. The number of benzene rings is 1. The highest BCUT2D eigenvalue weighted by Gasteiger charge is 2.31. The molecule has 0 saturated heterocycles. The van der Waals surface area contributed by atoms with Crippen LogP contribution in [0, 0.1) is 0 Å². The highest BCUT2D eigenvalue weighted by Crippen LogP contribution is 2.33. The van der Waals surface area contributed by atoms with E-state index in [1.807, 2.05) is 0 Å². The first kappa shape index (κ1) is 11.5. The number of aromatic nitrogens is 2. The van der Waals surface area contributed by atoms with Gasteiger partial charge in [-0.2, -0.15) is 13.9 Å². The molecular weight excluding hydrogens is 230 g/mol. The summed E-state index contributed by atoms with van der Waals surface area (Å²) in [6.07, 6.45) is 0. The normalized spacial score (nSPS) is 12.0. The summed E-state index contributed by atoms with van der Waals surface area (Å²) in [4.78, 5) is 11.0. The summed E-state index contributed by atoms with van der Waals surface area (Å²) < 4.78 is 27.8. The summed E-state index contributed by atoms with van der Waals surface area (Å²) in [6, 6.07) is 4.24. The molecule has 90 valence electrons. The number of fused-ring (bicyclic) bond motifs is 1. The zero-order valence-electron chi connectivity index (χ0n) is 9.24.